The molecule has 0 radical (unpaired) electrons. The zero-order chi connectivity index (χ0) is 13.9. The van der Waals surface area contributed by atoms with Crippen molar-refractivity contribution in [2.75, 3.05) is 14.2 Å². The number of esters is 2. The topological polar surface area (TPSA) is 95.7 Å². The number of nitrogens with zero attached hydrogens (tertiary/aromatic N) is 1. The highest BCUT2D eigenvalue weighted by Gasteiger charge is 2.29. The van der Waals surface area contributed by atoms with Crippen LogP contribution in [0.5, 0.6) is 0 Å². The van der Waals surface area contributed by atoms with Crippen molar-refractivity contribution >= 4 is 17.6 Å². The van der Waals surface area contributed by atoms with Crippen LogP contribution in [0.25, 0.3) is 0 Å². The van der Waals surface area contributed by atoms with E-state index in [1.165, 1.54) is 12.1 Å². The summed E-state index contributed by atoms with van der Waals surface area (Å²) < 4.78 is 8.94. The largest absolute Gasteiger partial charge is 0.465 e. The summed E-state index contributed by atoms with van der Waals surface area (Å²) in [5.41, 5.74) is -0.604. The molecule has 0 saturated heterocycles. The molecular weight excluding hydrogens is 242 g/mol. The molecule has 0 amide bonds. The lowest BCUT2D eigenvalue weighted by Crippen LogP contribution is -2.14. The monoisotopic (exact) mass is 253 g/mol. The molecule has 0 N–H and O–H groups in total. The van der Waals surface area contributed by atoms with Crippen LogP contribution in [-0.4, -0.2) is 31.1 Å². The van der Waals surface area contributed by atoms with Gasteiger partial charge in [0.25, 0.3) is 5.69 Å². The van der Waals surface area contributed by atoms with E-state index in [-0.39, 0.29) is 5.56 Å². The minimum atomic E-state index is -0.956. The molecule has 0 heterocycles. The lowest BCUT2D eigenvalue weighted by atomic mass is 10.0. The van der Waals surface area contributed by atoms with Crippen LogP contribution in [0.1, 0.15) is 26.3 Å². The molecule has 1 rings (SSSR count). The Kier molecular flexibility index (Phi) is 3.98. The van der Waals surface area contributed by atoms with Crippen LogP contribution in [0.15, 0.2) is 12.1 Å². The van der Waals surface area contributed by atoms with Gasteiger partial charge in [-0.2, -0.15) is 0 Å². The van der Waals surface area contributed by atoms with Crippen LogP contribution in [0.2, 0.25) is 0 Å². The lowest BCUT2D eigenvalue weighted by Gasteiger charge is -2.08. The van der Waals surface area contributed by atoms with Crippen molar-refractivity contribution in [3.05, 3.63) is 38.9 Å². The van der Waals surface area contributed by atoms with Crippen molar-refractivity contribution < 1.29 is 24.0 Å². The number of rotatable bonds is 3. The van der Waals surface area contributed by atoms with Gasteiger partial charge in [0, 0.05) is 6.07 Å². The van der Waals surface area contributed by atoms with Gasteiger partial charge in [-0.1, -0.05) is 0 Å². The second kappa shape index (κ2) is 5.26. The van der Waals surface area contributed by atoms with Crippen LogP contribution >= 0.6 is 0 Å². The molecule has 7 heteroatoms. The van der Waals surface area contributed by atoms with Gasteiger partial charge in [-0.25, -0.2) is 9.59 Å². The molecule has 0 aromatic heterocycles. The van der Waals surface area contributed by atoms with Crippen molar-refractivity contribution in [3.8, 4) is 0 Å². The Morgan fingerprint density at radius 1 is 1.17 bits per heavy atom. The first kappa shape index (κ1) is 13.6. The summed E-state index contributed by atoms with van der Waals surface area (Å²) in [6.07, 6.45) is 0. The van der Waals surface area contributed by atoms with E-state index in [1.807, 2.05) is 0 Å². The average Bonchev–Trinajstić information content (AvgIpc) is 2.35. The highest BCUT2D eigenvalue weighted by molar-refractivity contribution is 6.06. The highest BCUT2D eigenvalue weighted by Crippen LogP contribution is 2.26. The summed E-state index contributed by atoms with van der Waals surface area (Å²) in [7, 11) is 2.20. The van der Waals surface area contributed by atoms with Crippen LogP contribution in [0.3, 0.4) is 0 Å². The van der Waals surface area contributed by atoms with Gasteiger partial charge >= 0.3 is 11.9 Å². The molecule has 0 spiro atoms. The summed E-state index contributed by atoms with van der Waals surface area (Å²) in [6.45, 7) is 1.57. The number of nitro groups is 1. The Morgan fingerprint density at radius 2 is 1.72 bits per heavy atom. The molecule has 1 aromatic carbocycles. The number of nitro benzene ring substituents is 1. The zero-order valence-corrected chi connectivity index (χ0v) is 10.1. The molecule has 1 aromatic rings. The van der Waals surface area contributed by atoms with Gasteiger partial charge in [-0.15, -0.1) is 0 Å². The van der Waals surface area contributed by atoms with E-state index < -0.39 is 28.1 Å². The summed E-state index contributed by atoms with van der Waals surface area (Å²) in [5.74, 6) is -1.79. The van der Waals surface area contributed by atoms with Gasteiger partial charge in [0.2, 0.25) is 0 Å². The Morgan fingerprint density at radius 3 is 2.17 bits per heavy atom. The number of ether oxygens (including phenoxy) is 2. The minimum Gasteiger partial charge on any atom is -0.465 e. The Labute approximate surface area is 102 Å². The van der Waals surface area contributed by atoms with Crippen molar-refractivity contribution in [2.45, 2.75) is 6.92 Å². The number of carbonyl (C=O) groups excluding carboxylic acids is 2. The summed E-state index contributed by atoms with van der Waals surface area (Å²) in [4.78, 5) is 33.2. The zero-order valence-electron chi connectivity index (χ0n) is 10.1. The number of benzene rings is 1. The first-order valence-corrected chi connectivity index (χ1v) is 4.88. The molecule has 0 atom stereocenters. The maximum absolute atomic E-state index is 11.6. The van der Waals surface area contributed by atoms with E-state index in [1.54, 1.807) is 6.92 Å². The number of aryl methyl sites for hydroxylation is 1. The fourth-order valence-electron chi connectivity index (χ4n) is 1.50. The highest BCUT2D eigenvalue weighted by atomic mass is 16.6. The summed E-state index contributed by atoms with van der Waals surface area (Å²) in [6, 6.07) is 2.53. The first-order chi connectivity index (χ1) is 8.42. The predicted octanol–water partition coefficient (Wildman–Crippen LogP) is 1.48. The Hall–Kier alpha value is -2.44. The smallest absolute Gasteiger partial charge is 0.345 e. The van der Waals surface area contributed by atoms with Gasteiger partial charge in [0.05, 0.1) is 24.7 Å². The van der Waals surface area contributed by atoms with Crippen molar-refractivity contribution in [2.24, 2.45) is 0 Å². The van der Waals surface area contributed by atoms with Crippen LogP contribution in [0, 0.1) is 17.0 Å². The van der Waals surface area contributed by atoms with Crippen molar-refractivity contribution in [1.29, 1.82) is 0 Å². The van der Waals surface area contributed by atoms with Crippen molar-refractivity contribution in [3.63, 3.8) is 0 Å². The third kappa shape index (κ3) is 2.45. The van der Waals surface area contributed by atoms with Gasteiger partial charge in [0.1, 0.15) is 0 Å². The average molecular weight is 253 g/mol. The van der Waals surface area contributed by atoms with E-state index >= 15 is 0 Å². The Balaban J connectivity index is 3.63. The van der Waals surface area contributed by atoms with E-state index in [0.29, 0.717) is 5.56 Å². The number of methoxy groups -OCH3 is 2. The normalized spacial score (nSPS) is 9.72. The number of carbonyl (C=O) groups is 2. The maximum atomic E-state index is 11.6. The SMILES string of the molecule is COC(=O)c1cc(C)cc([N+](=O)[O-])c1C(=O)OC. The molecule has 0 aliphatic rings. The number of hydrogen-bond donors (Lipinski definition) is 0. The van der Waals surface area contributed by atoms with Crippen LogP contribution < -0.4 is 0 Å². The first-order valence-electron chi connectivity index (χ1n) is 4.88. The van der Waals surface area contributed by atoms with E-state index in [0.717, 1.165) is 14.2 Å². The standard InChI is InChI=1S/C11H11NO6/c1-6-4-7(10(13)17-2)9(11(14)18-3)8(5-6)12(15)16/h4-5H,1-3H3. The maximum Gasteiger partial charge on any atom is 0.345 e. The molecule has 0 aliphatic carbocycles. The molecule has 0 saturated carbocycles. The molecule has 7 nitrogen and oxygen atoms in total. The van der Waals surface area contributed by atoms with E-state index in [4.69, 9.17) is 0 Å². The van der Waals surface area contributed by atoms with Crippen LogP contribution in [-0.2, 0) is 9.47 Å². The van der Waals surface area contributed by atoms with Gasteiger partial charge in [-0.3, -0.25) is 10.1 Å². The lowest BCUT2D eigenvalue weighted by molar-refractivity contribution is -0.385. The molecule has 18 heavy (non-hydrogen) atoms. The number of hydrogen-bond acceptors (Lipinski definition) is 6. The van der Waals surface area contributed by atoms with Gasteiger partial charge in [-0.05, 0) is 18.6 Å². The van der Waals surface area contributed by atoms with Gasteiger partial charge in [0.15, 0.2) is 5.56 Å². The van der Waals surface area contributed by atoms with Gasteiger partial charge < -0.3 is 9.47 Å². The molecule has 0 unspecified atom stereocenters. The molecular formula is C11H11NO6. The fourth-order valence-corrected chi connectivity index (χ4v) is 1.50. The van der Waals surface area contributed by atoms with E-state index in [9.17, 15) is 19.7 Å². The van der Waals surface area contributed by atoms with Crippen molar-refractivity contribution in [1.82, 2.24) is 0 Å². The molecule has 0 aliphatic heterocycles. The third-order valence-corrected chi connectivity index (χ3v) is 2.25. The minimum absolute atomic E-state index is 0.184. The molecule has 0 bridgehead atoms. The quantitative estimate of drug-likeness (QED) is 0.460. The third-order valence-electron chi connectivity index (χ3n) is 2.25. The summed E-state index contributed by atoms with van der Waals surface area (Å²) in [5, 5.41) is 10.9. The fraction of sp³-hybridized carbons (Fsp3) is 0.273. The van der Waals surface area contributed by atoms with Crippen LogP contribution in [0.4, 0.5) is 5.69 Å². The Bertz CT molecular complexity index is 523. The van der Waals surface area contributed by atoms with E-state index in [2.05, 4.69) is 9.47 Å². The predicted molar refractivity (Wildman–Crippen MR) is 60.5 cm³/mol. The second-order valence-corrected chi connectivity index (χ2v) is 3.45. The summed E-state index contributed by atoms with van der Waals surface area (Å²) >= 11 is 0. The molecule has 96 valence electrons. The second-order valence-electron chi connectivity index (χ2n) is 3.45. The molecule has 0 fully saturated rings.